The summed E-state index contributed by atoms with van der Waals surface area (Å²) in [5, 5.41) is 3.37. The summed E-state index contributed by atoms with van der Waals surface area (Å²) in [6, 6.07) is 7.83. The van der Waals surface area contributed by atoms with Crippen molar-refractivity contribution < 1.29 is 18.3 Å². The maximum Gasteiger partial charge on any atom is 0.258 e. The largest absolute Gasteiger partial charge is 0.482 e. The van der Waals surface area contributed by atoms with Crippen LogP contribution in [0, 0.1) is 11.6 Å². The average molecular weight is 374 g/mol. The van der Waals surface area contributed by atoms with Gasteiger partial charge in [0.15, 0.2) is 6.61 Å². The van der Waals surface area contributed by atoms with Gasteiger partial charge < -0.3 is 10.1 Å². The van der Waals surface area contributed by atoms with Crippen molar-refractivity contribution >= 4 is 29.1 Å². The van der Waals surface area contributed by atoms with Crippen molar-refractivity contribution in [1.82, 2.24) is 5.32 Å². The molecule has 0 heterocycles. The van der Waals surface area contributed by atoms with Crippen LogP contribution in [-0.4, -0.2) is 18.6 Å². The van der Waals surface area contributed by atoms with E-state index in [4.69, 9.17) is 27.9 Å². The second kappa shape index (κ2) is 8.31. The van der Waals surface area contributed by atoms with Gasteiger partial charge in [-0.05, 0) is 37.6 Å². The topological polar surface area (TPSA) is 38.3 Å². The van der Waals surface area contributed by atoms with Crippen LogP contribution in [0.5, 0.6) is 5.75 Å². The molecule has 1 amide bonds. The number of hydrogen-bond donors (Lipinski definition) is 1. The zero-order valence-corrected chi connectivity index (χ0v) is 14.3. The standard InChI is InChI=1S/C17H15Cl2F2NO2/c1-10(7-12-14(20)3-2-4-15(12)21)22-17(23)9-24-16-8-11(18)5-6-13(16)19/h2-6,8,10H,7,9H2,1H3,(H,22,23). The molecular weight excluding hydrogens is 359 g/mol. The van der Waals surface area contributed by atoms with Crippen LogP contribution in [0.1, 0.15) is 12.5 Å². The fourth-order valence-corrected chi connectivity index (χ4v) is 2.47. The smallest absolute Gasteiger partial charge is 0.258 e. The Labute approximate surface area is 148 Å². The van der Waals surface area contributed by atoms with E-state index in [2.05, 4.69) is 5.32 Å². The Balaban J connectivity index is 1.89. The molecule has 0 saturated carbocycles. The van der Waals surface area contributed by atoms with Crippen LogP contribution >= 0.6 is 23.2 Å². The number of ether oxygens (including phenoxy) is 1. The molecule has 0 aliphatic heterocycles. The van der Waals surface area contributed by atoms with Crippen molar-refractivity contribution in [2.75, 3.05) is 6.61 Å². The highest BCUT2D eigenvalue weighted by atomic mass is 35.5. The fourth-order valence-electron chi connectivity index (χ4n) is 2.13. The highest BCUT2D eigenvalue weighted by Gasteiger charge is 2.15. The fraction of sp³-hybridized carbons (Fsp3) is 0.235. The second-order valence-corrected chi connectivity index (χ2v) is 6.08. The lowest BCUT2D eigenvalue weighted by Crippen LogP contribution is -2.37. The molecule has 2 aromatic rings. The molecule has 0 aliphatic carbocycles. The lowest BCUT2D eigenvalue weighted by molar-refractivity contribution is -0.123. The summed E-state index contributed by atoms with van der Waals surface area (Å²) in [5.41, 5.74) is -0.0656. The molecular formula is C17H15Cl2F2NO2. The van der Waals surface area contributed by atoms with Gasteiger partial charge in [-0.1, -0.05) is 29.3 Å². The van der Waals surface area contributed by atoms with Crippen LogP contribution in [0.25, 0.3) is 0 Å². The summed E-state index contributed by atoms with van der Waals surface area (Å²) in [7, 11) is 0. The monoisotopic (exact) mass is 373 g/mol. The van der Waals surface area contributed by atoms with Crippen LogP contribution in [0.15, 0.2) is 36.4 Å². The minimum Gasteiger partial charge on any atom is -0.482 e. The van der Waals surface area contributed by atoms with E-state index in [-0.39, 0.29) is 24.3 Å². The molecule has 1 atom stereocenters. The lowest BCUT2D eigenvalue weighted by atomic mass is 10.1. The van der Waals surface area contributed by atoms with Gasteiger partial charge in [-0.2, -0.15) is 0 Å². The molecule has 1 unspecified atom stereocenters. The predicted molar refractivity (Wildman–Crippen MR) is 89.6 cm³/mol. The van der Waals surface area contributed by atoms with Crippen LogP contribution in [0.3, 0.4) is 0 Å². The molecule has 0 aliphatic rings. The molecule has 128 valence electrons. The third-order valence-corrected chi connectivity index (χ3v) is 3.78. The highest BCUT2D eigenvalue weighted by molar-refractivity contribution is 6.34. The Morgan fingerprint density at radius 3 is 2.54 bits per heavy atom. The molecule has 0 aromatic heterocycles. The van der Waals surface area contributed by atoms with E-state index in [9.17, 15) is 13.6 Å². The quantitative estimate of drug-likeness (QED) is 0.814. The van der Waals surface area contributed by atoms with Crippen molar-refractivity contribution in [3.05, 3.63) is 63.6 Å². The molecule has 3 nitrogen and oxygen atoms in total. The van der Waals surface area contributed by atoms with Crippen molar-refractivity contribution in [3.63, 3.8) is 0 Å². The van der Waals surface area contributed by atoms with Gasteiger partial charge in [0.05, 0.1) is 5.02 Å². The van der Waals surface area contributed by atoms with Crippen molar-refractivity contribution in [2.24, 2.45) is 0 Å². The number of amides is 1. The Hall–Kier alpha value is -1.85. The van der Waals surface area contributed by atoms with Gasteiger partial charge in [-0.3, -0.25) is 4.79 Å². The number of carbonyl (C=O) groups is 1. The van der Waals surface area contributed by atoms with Crippen LogP contribution in [0.2, 0.25) is 10.0 Å². The molecule has 7 heteroatoms. The summed E-state index contributed by atoms with van der Waals surface area (Å²) in [6.45, 7) is 1.36. The molecule has 0 spiro atoms. The number of hydrogen-bond acceptors (Lipinski definition) is 2. The SMILES string of the molecule is CC(Cc1c(F)cccc1F)NC(=O)COc1cc(Cl)ccc1Cl. The molecule has 0 fully saturated rings. The van der Waals surface area contributed by atoms with E-state index >= 15 is 0 Å². The predicted octanol–water partition coefficient (Wildman–Crippen LogP) is 4.40. The molecule has 0 radical (unpaired) electrons. The third-order valence-electron chi connectivity index (χ3n) is 3.23. The zero-order valence-electron chi connectivity index (χ0n) is 12.8. The van der Waals surface area contributed by atoms with Crippen molar-refractivity contribution in [3.8, 4) is 5.75 Å². The molecule has 0 saturated heterocycles. The van der Waals surface area contributed by atoms with Gasteiger partial charge in [0.1, 0.15) is 17.4 Å². The first-order chi connectivity index (χ1) is 11.4. The van der Waals surface area contributed by atoms with E-state index in [1.807, 2.05) is 0 Å². The van der Waals surface area contributed by atoms with Gasteiger partial charge in [0.25, 0.3) is 5.91 Å². The van der Waals surface area contributed by atoms with Gasteiger partial charge >= 0.3 is 0 Å². The summed E-state index contributed by atoms with van der Waals surface area (Å²) < 4.78 is 32.5. The Morgan fingerprint density at radius 1 is 1.21 bits per heavy atom. The number of carbonyl (C=O) groups excluding carboxylic acids is 1. The summed E-state index contributed by atoms with van der Waals surface area (Å²) in [5.74, 6) is -1.43. The Bertz CT molecular complexity index is 720. The molecule has 2 rings (SSSR count). The third kappa shape index (κ3) is 5.08. The first-order valence-electron chi connectivity index (χ1n) is 7.17. The number of halogens is 4. The van der Waals surface area contributed by atoms with E-state index < -0.39 is 23.6 Å². The van der Waals surface area contributed by atoms with E-state index in [0.29, 0.717) is 10.0 Å². The summed E-state index contributed by atoms with van der Waals surface area (Å²) in [4.78, 5) is 11.9. The summed E-state index contributed by atoms with van der Waals surface area (Å²) in [6.07, 6.45) is 0.0299. The van der Waals surface area contributed by atoms with Crippen molar-refractivity contribution in [1.29, 1.82) is 0 Å². The second-order valence-electron chi connectivity index (χ2n) is 5.24. The number of rotatable bonds is 6. The Morgan fingerprint density at radius 2 is 1.88 bits per heavy atom. The molecule has 0 bridgehead atoms. The number of benzene rings is 2. The first-order valence-corrected chi connectivity index (χ1v) is 7.92. The lowest BCUT2D eigenvalue weighted by Gasteiger charge is -2.15. The number of nitrogens with one attached hydrogen (secondary N) is 1. The van der Waals surface area contributed by atoms with Gasteiger partial charge in [-0.15, -0.1) is 0 Å². The van der Waals surface area contributed by atoms with Crippen LogP contribution in [0.4, 0.5) is 8.78 Å². The van der Waals surface area contributed by atoms with E-state index in [0.717, 1.165) is 0 Å². The van der Waals surface area contributed by atoms with Crippen LogP contribution < -0.4 is 10.1 Å². The van der Waals surface area contributed by atoms with Gasteiger partial charge in [0.2, 0.25) is 0 Å². The molecule has 1 N–H and O–H groups in total. The summed E-state index contributed by atoms with van der Waals surface area (Å²) >= 11 is 11.8. The minimum absolute atomic E-state index is 0.0299. The van der Waals surface area contributed by atoms with Gasteiger partial charge in [0, 0.05) is 22.7 Å². The maximum absolute atomic E-state index is 13.6. The van der Waals surface area contributed by atoms with E-state index in [1.165, 1.54) is 24.3 Å². The highest BCUT2D eigenvalue weighted by Crippen LogP contribution is 2.27. The zero-order chi connectivity index (χ0) is 17.7. The van der Waals surface area contributed by atoms with Crippen molar-refractivity contribution in [2.45, 2.75) is 19.4 Å². The average Bonchev–Trinajstić information content (AvgIpc) is 2.52. The first kappa shape index (κ1) is 18.5. The van der Waals surface area contributed by atoms with Crippen LogP contribution in [-0.2, 0) is 11.2 Å². The van der Waals surface area contributed by atoms with E-state index in [1.54, 1.807) is 19.1 Å². The van der Waals surface area contributed by atoms with Gasteiger partial charge in [-0.25, -0.2) is 8.78 Å². The molecule has 2 aromatic carbocycles. The molecule has 24 heavy (non-hydrogen) atoms. The maximum atomic E-state index is 13.6. The normalized spacial score (nSPS) is 11.9. The Kier molecular flexibility index (Phi) is 6.40. The minimum atomic E-state index is -0.641.